The maximum absolute atomic E-state index is 12.2. The molecule has 3 fully saturated rings. The fourth-order valence-corrected chi connectivity index (χ4v) is 5.28. The van der Waals surface area contributed by atoms with Gasteiger partial charge in [-0.1, -0.05) is 25.1 Å². The molecule has 3 saturated carbocycles. The Morgan fingerprint density at radius 3 is 2.32 bits per heavy atom. The molecule has 1 aromatic rings. The van der Waals surface area contributed by atoms with Crippen molar-refractivity contribution in [2.75, 3.05) is 0 Å². The van der Waals surface area contributed by atoms with Gasteiger partial charge in [0.05, 0.1) is 5.25 Å². The second-order valence-corrected chi connectivity index (χ2v) is 8.70. The third kappa shape index (κ3) is 2.27. The van der Waals surface area contributed by atoms with Gasteiger partial charge >= 0.3 is 10.1 Å². The Hall–Kier alpha value is -1.03. The van der Waals surface area contributed by atoms with Crippen molar-refractivity contribution in [2.24, 2.45) is 10.8 Å². The van der Waals surface area contributed by atoms with Crippen LogP contribution in [0.15, 0.2) is 30.3 Å². The van der Waals surface area contributed by atoms with E-state index in [1.807, 2.05) is 6.07 Å². The van der Waals surface area contributed by atoms with Crippen LogP contribution >= 0.6 is 0 Å². The van der Waals surface area contributed by atoms with E-state index in [1.54, 1.807) is 31.2 Å². The third-order valence-corrected chi connectivity index (χ3v) is 6.15. The van der Waals surface area contributed by atoms with E-state index in [1.165, 1.54) is 19.3 Å². The van der Waals surface area contributed by atoms with Crippen molar-refractivity contribution in [1.29, 1.82) is 0 Å². The number of benzene rings is 1. The highest BCUT2D eigenvalue weighted by Crippen LogP contribution is 2.75. The largest absolute Gasteiger partial charge is 0.382 e. The Bertz CT molecular complexity index is 557. The van der Waals surface area contributed by atoms with Crippen molar-refractivity contribution in [1.82, 2.24) is 0 Å². The third-order valence-electron chi connectivity index (χ3n) is 4.57. The van der Waals surface area contributed by atoms with Crippen LogP contribution in [-0.4, -0.2) is 13.7 Å². The molecular formula is C15H20O3S. The van der Waals surface area contributed by atoms with Crippen LogP contribution in [0, 0.1) is 10.8 Å². The summed E-state index contributed by atoms with van der Waals surface area (Å²) in [6.07, 6.45) is 4.29. The van der Waals surface area contributed by atoms with Gasteiger partial charge in [-0.25, -0.2) is 0 Å². The number of hydrogen-bond donors (Lipinski definition) is 0. The fraction of sp³-hybridized carbons (Fsp3) is 0.600. The Balaban J connectivity index is 1.64. The molecule has 3 nitrogen and oxygen atoms in total. The van der Waals surface area contributed by atoms with E-state index in [4.69, 9.17) is 4.18 Å². The van der Waals surface area contributed by atoms with E-state index >= 15 is 0 Å². The summed E-state index contributed by atoms with van der Waals surface area (Å²) in [7, 11) is -3.52. The zero-order valence-electron chi connectivity index (χ0n) is 11.4. The standard InChI is InChI=1S/C15H20O3S/c1-12(8-15-9-14(2,10-15)11-15)19(16,17)18-13-6-4-3-5-7-13/h3-7,12H,8-11H2,1-2H3. The van der Waals surface area contributed by atoms with Gasteiger partial charge in [0.15, 0.2) is 0 Å². The summed E-state index contributed by atoms with van der Waals surface area (Å²) >= 11 is 0. The second kappa shape index (κ2) is 3.98. The van der Waals surface area contributed by atoms with Gasteiger partial charge in [-0.3, -0.25) is 0 Å². The van der Waals surface area contributed by atoms with Gasteiger partial charge in [0.1, 0.15) is 5.75 Å². The van der Waals surface area contributed by atoms with Gasteiger partial charge in [-0.05, 0) is 55.6 Å². The smallest absolute Gasteiger partial charge is 0.311 e. The zero-order valence-corrected chi connectivity index (χ0v) is 12.2. The average molecular weight is 280 g/mol. The van der Waals surface area contributed by atoms with Crippen LogP contribution < -0.4 is 4.18 Å². The van der Waals surface area contributed by atoms with Crippen LogP contribution in [0.3, 0.4) is 0 Å². The first-order valence-electron chi connectivity index (χ1n) is 6.81. The molecule has 0 aliphatic heterocycles. The Kier molecular flexibility index (Phi) is 2.72. The molecule has 3 aliphatic rings. The molecule has 1 atom stereocenters. The van der Waals surface area contributed by atoms with Crippen LogP contribution in [0.4, 0.5) is 0 Å². The van der Waals surface area contributed by atoms with Crippen molar-refractivity contribution >= 4 is 10.1 Å². The molecule has 0 spiro atoms. The summed E-state index contributed by atoms with van der Waals surface area (Å²) in [5.41, 5.74) is 0.811. The normalized spacial score (nSPS) is 34.0. The van der Waals surface area contributed by atoms with E-state index in [-0.39, 0.29) is 0 Å². The molecule has 0 amide bonds. The van der Waals surface area contributed by atoms with Gasteiger partial charge in [-0.15, -0.1) is 0 Å². The van der Waals surface area contributed by atoms with Crippen LogP contribution in [0.25, 0.3) is 0 Å². The van der Waals surface area contributed by atoms with Crippen LogP contribution in [-0.2, 0) is 10.1 Å². The average Bonchev–Trinajstić information content (AvgIpc) is 2.26. The van der Waals surface area contributed by atoms with Gasteiger partial charge in [0, 0.05) is 0 Å². The molecule has 4 heteroatoms. The van der Waals surface area contributed by atoms with Gasteiger partial charge < -0.3 is 4.18 Å². The Morgan fingerprint density at radius 1 is 1.21 bits per heavy atom. The highest BCUT2D eigenvalue weighted by molar-refractivity contribution is 7.87. The van der Waals surface area contributed by atoms with Crippen molar-refractivity contribution in [3.8, 4) is 5.75 Å². The first kappa shape index (κ1) is 13.0. The van der Waals surface area contributed by atoms with Gasteiger partial charge in [0.25, 0.3) is 0 Å². The molecule has 0 N–H and O–H groups in total. The lowest BCUT2D eigenvalue weighted by molar-refractivity contribution is -0.194. The number of hydrogen-bond acceptors (Lipinski definition) is 3. The maximum atomic E-state index is 12.2. The SMILES string of the molecule is CC(CC12CC(C)(C1)C2)S(=O)(=O)Oc1ccccc1. The summed E-state index contributed by atoms with van der Waals surface area (Å²) in [4.78, 5) is 0. The lowest BCUT2D eigenvalue weighted by Gasteiger charge is -2.70. The minimum Gasteiger partial charge on any atom is -0.382 e. The van der Waals surface area contributed by atoms with Gasteiger partial charge in [-0.2, -0.15) is 8.42 Å². The van der Waals surface area contributed by atoms with Crippen molar-refractivity contribution in [3.63, 3.8) is 0 Å². The fourth-order valence-electron chi connectivity index (χ4n) is 4.18. The van der Waals surface area contributed by atoms with E-state index in [9.17, 15) is 8.42 Å². The van der Waals surface area contributed by atoms with Crippen molar-refractivity contribution in [3.05, 3.63) is 30.3 Å². The molecular weight excluding hydrogens is 260 g/mol. The molecule has 104 valence electrons. The molecule has 0 aromatic heterocycles. The predicted octanol–water partition coefficient (Wildman–Crippen LogP) is 3.36. The minimum absolute atomic E-state index is 0.293. The molecule has 19 heavy (non-hydrogen) atoms. The number of para-hydroxylation sites is 1. The van der Waals surface area contributed by atoms with Crippen molar-refractivity contribution in [2.45, 2.75) is 44.8 Å². The molecule has 2 bridgehead atoms. The monoisotopic (exact) mass is 280 g/mol. The topological polar surface area (TPSA) is 43.4 Å². The Labute approximate surface area is 115 Å². The molecule has 1 aromatic carbocycles. The highest BCUT2D eigenvalue weighted by atomic mass is 32.2. The Morgan fingerprint density at radius 2 is 1.79 bits per heavy atom. The molecule has 0 saturated heterocycles. The summed E-state index contributed by atoms with van der Waals surface area (Å²) in [5, 5.41) is -0.433. The summed E-state index contributed by atoms with van der Waals surface area (Å²) in [5.74, 6) is 0.402. The lowest BCUT2D eigenvalue weighted by Crippen LogP contribution is -2.61. The molecule has 3 aliphatic carbocycles. The zero-order chi connectivity index (χ0) is 13.7. The lowest BCUT2D eigenvalue weighted by atomic mass is 9.35. The van der Waals surface area contributed by atoms with Crippen molar-refractivity contribution < 1.29 is 12.6 Å². The minimum atomic E-state index is -3.52. The van der Waals surface area contributed by atoms with E-state index in [0.29, 0.717) is 16.6 Å². The van der Waals surface area contributed by atoms with Crippen LogP contribution in [0.2, 0.25) is 0 Å². The molecule has 4 rings (SSSR count). The van der Waals surface area contributed by atoms with Crippen LogP contribution in [0.5, 0.6) is 5.75 Å². The first-order valence-corrected chi connectivity index (χ1v) is 8.28. The first-order chi connectivity index (χ1) is 8.83. The predicted molar refractivity (Wildman–Crippen MR) is 74.5 cm³/mol. The quantitative estimate of drug-likeness (QED) is 0.777. The van der Waals surface area contributed by atoms with Gasteiger partial charge in [0.2, 0.25) is 0 Å². The van der Waals surface area contributed by atoms with E-state index in [0.717, 1.165) is 6.42 Å². The summed E-state index contributed by atoms with van der Waals surface area (Å²) in [6, 6.07) is 8.74. The maximum Gasteiger partial charge on any atom is 0.311 e. The second-order valence-electron chi connectivity index (χ2n) is 6.74. The van der Waals surface area contributed by atoms with E-state index < -0.39 is 15.4 Å². The van der Waals surface area contributed by atoms with Crippen LogP contribution in [0.1, 0.15) is 39.5 Å². The molecule has 0 radical (unpaired) electrons. The summed E-state index contributed by atoms with van der Waals surface area (Å²) < 4.78 is 29.6. The summed E-state index contributed by atoms with van der Waals surface area (Å²) in [6.45, 7) is 4.05. The molecule has 1 unspecified atom stereocenters. The highest BCUT2D eigenvalue weighted by Gasteiger charge is 2.65. The molecule has 0 heterocycles. The number of rotatable bonds is 5. The van der Waals surface area contributed by atoms with E-state index in [2.05, 4.69) is 6.92 Å².